The minimum atomic E-state index is -0.549. The van der Waals surface area contributed by atoms with Gasteiger partial charge in [-0.25, -0.2) is 4.98 Å². The standard InChI is InChI=1S/C11H15N3O2/c1-14(7-10(15)8-16-2)11-4-3-9(5-12)6-13-11/h3-4,6,10,15H,7-8H2,1-2H3. The first-order valence-corrected chi connectivity index (χ1v) is 4.91. The fraction of sp³-hybridized carbons (Fsp3) is 0.455. The third-order valence-electron chi connectivity index (χ3n) is 2.11. The number of hydrogen-bond acceptors (Lipinski definition) is 5. The van der Waals surface area contributed by atoms with Gasteiger partial charge in [0.2, 0.25) is 0 Å². The third kappa shape index (κ3) is 3.50. The number of ether oxygens (including phenoxy) is 1. The number of rotatable bonds is 5. The number of aromatic nitrogens is 1. The van der Waals surface area contributed by atoms with Gasteiger partial charge in [0.1, 0.15) is 11.9 Å². The second kappa shape index (κ2) is 6.05. The Balaban J connectivity index is 2.59. The van der Waals surface area contributed by atoms with Crippen LogP contribution in [0.15, 0.2) is 18.3 Å². The van der Waals surface area contributed by atoms with Crippen molar-refractivity contribution in [3.8, 4) is 6.07 Å². The van der Waals surface area contributed by atoms with E-state index in [1.54, 1.807) is 19.2 Å². The van der Waals surface area contributed by atoms with E-state index < -0.39 is 6.10 Å². The smallest absolute Gasteiger partial charge is 0.128 e. The molecule has 0 radical (unpaired) electrons. The van der Waals surface area contributed by atoms with E-state index >= 15 is 0 Å². The Kier molecular flexibility index (Phi) is 4.70. The van der Waals surface area contributed by atoms with E-state index in [1.807, 2.05) is 18.0 Å². The normalized spacial score (nSPS) is 11.9. The molecule has 5 heteroatoms. The molecule has 0 aliphatic carbocycles. The van der Waals surface area contributed by atoms with Crippen LogP contribution < -0.4 is 4.90 Å². The molecule has 0 bridgehead atoms. The van der Waals surface area contributed by atoms with E-state index in [2.05, 4.69) is 4.98 Å². The van der Waals surface area contributed by atoms with Crippen molar-refractivity contribution in [1.82, 2.24) is 4.98 Å². The summed E-state index contributed by atoms with van der Waals surface area (Å²) in [5.74, 6) is 0.717. The summed E-state index contributed by atoms with van der Waals surface area (Å²) in [4.78, 5) is 5.92. The third-order valence-corrected chi connectivity index (χ3v) is 2.11. The molecule has 1 N–H and O–H groups in total. The van der Waals surface area contributed by atoms with Gasteiger partial charge in [0.05, 0.1) is 18.3 Å². The Hall–Kier alpha value is -1.64. The number of anilines is 1. The maximum atomic E-state index is 9.53. The van der Waals surface area contributed by atoms with Crippen LogP contribution in [0.3, 0.4) is 0 Å². The molecule has 5 nitrogen and oxygen atoms in total. The summed E-state index contributed by atoms with van der Waals surface area (Å²) in [5, 5.41) is 18.2. The molecule has 1 rings (SSSR count). The van der Waals surface area contributed by atoms with Crippen LogP contribution in [0, 0.1) is 11.3 Å². The fourth-order valence-electron chi connectivity index (χ4n) is 1.33. The summed E-state index contributed by atoms with van der Waals surface area (Å²) >= 11 is 0. The van der Waals surface area contributed by atoms with E-state index in [-0.39, 0.29) is 0 Å². The molecule has 0 fully saturated rings. The highest BCUT2D eigenvalue weighted by molar-refractivity contribution is 5.41. The van der Waals surface area contributed by atoms with Crippen LogP contribution in [0.1, 0.15) is 5.56 Å². The van der Waals surface area contributed by atoms with Gasteiger partial charge in [-0.15, -0.1) is 0 Å². The Morgan fingerprint density at radius 1 is 1.62 bits per heavy atom. The molecule has 1 aromatic rings. The predicted molar refractivity (Wildman–Crippen MR) is 60.1 cm³/mol. The number of nitriles is 1. The van der Waals surface area contributed by atoms with Crippen molar-refractivity contribution in [2.45, 2.75) is 6.10 Å². The Labute approximate surface area is 94.9 Å². The second-order valence-electron chi connectivity index (χ2n) is 3.51. The van der Waals surface area contributed by atoms with Crippen molar-refractivity contribution in [3.05, 3.63) is 23.9 Å². The van der Waals surface area contributed by atoms with Gasteiger partial charge in [-0.2, -0.15) is 5.26 Å². The fourth-order valence-corrected chi connectivity index (χ4v) is 1.33. The van der Waals surface area contributed by atoms with E-state index in [0.717, 1.165) is 0 Å². The van der Waals surface area contributed by atoms with Crippen molar-refractivity contribution >= 4 is 5.82 Å². The van der Waals surface area contributed by atoms with Crippen LogP contribution in [0.5, 0.6) is 0 Å². The summed E-state index contributed by atoms with van der Waals surface area (Å²) in [7, 11) is 3.37. The molecule has 16 heavy (non-hydrogen) atoms. The monoisotopic (exact) mass is 221 g/mol. The number of methoxy groups -OCH3 is 1. The average molecular weight is 221 g/mol. The molecule has 0 aliphatic rings. The zero-order chi connectivity index (χ0) is 12.0. The minimum Gasteiger partial charge on any atom is -0.389 e. The number of hydrogen-bond donors (Lipinski definition) is 1. The summed E-state index contributed by atoms with van der Waals surface area (Å²) < 4.78 is 4.84. The zero-order valence-corrected chi connectivity index (χ0v) is 9.42. The summed E-state index contributed by atoms with van der Waals surface area (Å²) in [5.41, 5.74) is 0.523. The van der Waals surface area contributed by atoms with Crippen molar-refractivity contribution < 1.29 is 9.84 Å². The van der Waals surface area contributed by atoms with Gasteiger partial charge >= 0.3 is 0 Å². The molecular weight excluding hydrogens is 206 g/mol. The maximum absolute atomic E-state index is 9.53. The molecule has 0 aliphatic heterocycles. The molecule has 1 heterocycles. The largest absolute Gasteiger partial charge is 0.389 e. The molecule has 86 valence electrons. The highest BCUT2D eigenvalue weighted by atomic mass is 16.5. The molecule has 1 aromatic heterocycles. The number of likely N-dealkylation sites (N-methyl/N-ethyl adjacent to an activating group) is 1. The van der Waals surface area contributed by atoms with Crippen molar-refractivity contribution in [2.75, 3.05) is 32.2 Å². The van der Waals surface area contributed by atoms with Crippen LogP contribution in [-0.4, -0.2) is 43.5 Å². The summed E-state index contributed by atoms with van der Waals surface area (Å²) in [6.45, 7) is 0.730. The van der Waals surface area contributed by atoms with Crippen LogP contribution in [-0.2, 0) is 4.74 Å². The van der Waals surface area contributed by atoms with E-state index in [0.29, 0.717) is 24.5 Å². The summed E-state index contributed by atoms with van der Waals surface area (Å²) in [6.07, 6.45) is 0.960. The van der Waals surface area contributed by atoms with Gasteiger partial charge in [-0.3, -0.25) is 0 Å². The van der Waals surface area contributed by atoms with E-state index in [1.165, 1.54) is 6.20 Å². The highest BCUT2D eigenvalue weighted by Crippen LogP contribution is 2.09. The average Bonchev–Trinajstić information content (AvgIpc) is 2.29. The number of pyridine rings is 1. The van der Waals surface area contributed by atoms with Crippen LogP contribution >= 0.6 is 0 Å². The Bertz CT molecular complexity index is 358. The first kappa shape index (κ1) is 12.4. The van der Waals surface area contributed by atoms with E-state index in [9.17, 15) is 5.11 Å². The highest BCUT2D eigenvalue weighted by Gasteiger charge is 2.09. The SMILES string of the molecule is COCC(O)CN(C)c1ccc(C#N)cn1. The van der Waals surface area contributed by atoms with Gasteiger partial charge in [0.15, 0.2) is 0 Å². The van der Waals surface area contributed by atoms with Crippen LogP contribution in [0.25, 0.3) is 0 Å². The predicted octanol–water partition coefficient (Wildman–Crippen LogP) is 0.397. The summed E-state index contributed by atoms with van der Waals surface area (Å²) in [6, 6.07) is 5.45. The number of nitrogens with zero attached hydrogens (tertiary/aromatic N) is 3. The molecule has 1 unspecified atom stereocenters. The first-order valence-electron chi connectivity index (χ1n) is 4.91. The minimum absolute atomic E-state index is 0.292. The zero-order valence-electron chi connectivity index (χ0n) is 9.42. The van der Waals surface area contributed by atoms with Crippen molar-refractivity contribution in [3.63, 3.8) is 0 Å². The second-order valence-corrected chi connectivity index (χ2v) is 3.51. The van der Waals surface area contributed by atoms with Crippen LogP contribution in [0.4, 0.5) is 5.82 Å². The first-order chi connectivity index (χ1) is 7.67. The topological polar surface area (TPSA) is 69.4 Å². The molecule has 0 saturated heterocycles. The van der Waals surface area contributed by atoms with Gasteiger partial charge in [0, 0.05) is 26.9 Å². The molecule has 0 saturated carbocycles. The lowest BCUT2D eigenvalue weighted by Crippen LogP contribution is -2.32. The molecule has 0 amide bonds. The van der Waals surface area contributed by atoms with Gasteiger partial charge in [0.25, 0.3) is 0 Å². The van der Waals surface area contributed by atoms with Crippen LogP contribution in [0.2, 0.25) is 0 Å². The van der Waals surface area contributed by atoms with Gasteiger partial charge < -0.3 is 14.7 Å². The molecule has 0 aromatic carbocycles. The van der Waals surface area contributed by atoms with Gasteiger partial charge in [-0.05, 0) is 12.1 Å². The lowest BCUT2D eigenvalue weighted by atomic mass is 10.3. The maximum Gasteiger partial charge on any atom is 0.128 e. The lowest BCUT2D eigenvalue weighted by molar-refractivity contribution is 0.0694. The quantitative estimate of drug-likeness (QED) is 0.779. The van der Waals surface area contributed by atoms with Gasteiger partial charge in [-0.1, -0.05) is 0 Å². The van der Waals surface area contributed by atoms with Crippen molar-refractivity contribution in [1.29, 1.82) is 5.26 Å². The van der Waals surface area contributed by atoms with Crippen molar-refractivity contribution in [2.24, 2.45) is 0 Å². The van der Waals surface area contributed by atoms with E-state index in [4.69, 9.17) is 10.00 Å². The number of aliphatic hydroxyl groups excluding tert-OH is 1. The number of aliphatic hydroxyl groups is 1. The molecule has 1 atom stereocenters. The Morgan fingerprint density at radius 3 is 2.88 bits per heavy atom. The Morgan fingerprint density at radius 2 is 2.38 bits per heavy atom. The lowest BCUT2D eigenvalue weighted by Gasteiger charge is -2.21. The molecule has 0 spiro atoms. The molecular formula is C11H15N3O2.